The Kier molecular flexibility index (Phi) is 2.98. The van der Waals surface area contributed by atoms with Gasteiger partial charge in [0.2, 0.25) is 0 Å². The lowest BCUT2D eigenvalue weighted by molar-refractivity contribution is 0.0599. The zero-order valence-corrected chi connectivity index (χ0v) is 8.19. The largest absolute Gasteiger partial charge is 0.465 e. The van der Waals surface area contributed by atoms with Crippen molar-refractivity contribution in [3.63, 3.8) is 0 Å². The van der Waals surface area contributed by atoms with Gasteiger partial charge in [-0.1, -0.05) is 0 Å². The van der Waals surface area contributed by atoms with Gasteiger partial charge in [0.25, 0.3) is 0 Å². The monoisotopic (exact) mass is 250 g/mol. The summed E-state index contributed by atoms with van der Waals surface area (Å²) in [5, 5.41) is 0. The van der Waals surface area contributed by atoms with E-state index in [0.717, 1.165) is 19.2 Å². The summed E-state index contributed by atoms with van der Waals surface area (Å²) in [6.07, 6.45) is 0. The van der Waals surface area contributed by atoms with E-state index in [-0.39, 0.29) is 10.0 Å². The van der Waals surface area contributed by atoms with E-state index < -0.39 is 17.6 Å². The number of methoxy groups -OCH3 is 1. The van der Waals surface area contributed by atoms with Crippen LogP contribution in [-0.4, -0.2) is 13.1 Å². The first-order chi connectivity index (χ1) is 6.07. The fourth-order valence-electron chi connectivity index (χ4n) is 0.794. The SMILES string of the molecule is COC(=O)c1ccc(F)c(F)c1Br. The quantitative estimate of drug-likeness (QED) is 0.566. The lowest BCUT2D eigenvalue weighted by Crippen LogP contribution is -2.04. The van der Waals surface area contributed by atoms with Crippen molar-refractivity contribution < 1.29 is 18.3 Å². The molecule has 1 aromatic rings. The van der Waals surface area contributed by atoms with Gasteiger partial charge in [0, 0.05) is 0 Å². The van der Waals surface area contributed by atoms with E-state index in [4.69, 9.17) is 0 Å². The van der Waals surface area contributed by atoms with Crippen LogP contribution in [-0.2, 0) is 4.74 Å². The summed E-state index contributed by atoms with van der Waals surface area (Å²) in [7, 11) is 1.16. The molecule has 0 aliphatic heterocycles. The van der Waals surface area contributed by atoms with Crippen LogP contribution < -0.4 is 0 Å². The summed E-state index contributed by atoms with van der Waals surface area (Å²) in [6, 6.07) is 2.01. The van der Waals surface area contributed by atoms with Gasteiger partial charge < -0.3 is 4.74 Å². The third kappa shape index (κ3) is 1.85. The zero-order chi connectivity index (χ0) is 10.0. The summed E-state index contributed by atoms with van der Waals surface area (Å²) in [5.41, 5.74) is -0.0404. The molecule has 0 saturated carbocycles. The first kappa shape index (κ1) is 10.1. The van der Waals surface area contributed by atoms with Crippen molar-refractivity contribution in [3.05, 3.63) is 33.8 Å². The molecule has 0 unspecified atom stereocenters. The number of halogens is 3. The Hall–Kier alpha value is -0.970. The normalized spacial score (nSPS) is 9.85. The Morgan fingerprint density at radius 2 is 2.08 bits per heavy atom. The number of hydrogen-bond acceptors (Lipinski definition) is 2. The minimum atomic E-state index is -1.09. The molecule has 0 bridgehead atoms. The fourth-order valence-corrected chi connectivity index (χ4v) is 1.28. The van der Waals surface area contributed by atoms with Gasteiger partial charge in [0.15, 0.2) is 11.6 Å². The van der Waals surface area contributed by atoms with Crippen molar-refractivity contribution in [1.82, 2.24) is 0 Å². The molecule has 0 spiro atoms. The molecule has 0 aliphatic rings. The number of carbonyl (C=O) groups excluding carboxylic acids is 1. The molecule has 2 nitrogen and oxygen atoms in total. The average molecular weight is 251 g/mol. The second kappa shape index (κ2) is 3.83. The van der Waals surface area contributed by atoms with E-state index in [1.807, 2.05) is 0 Å². The molecule has 0 amide bonds. The standard InChI is InChI=1S/C8H5BrF2O2/c1-13-8(12)4-2-3-5(10)7(11)6(4)9/h2-3H,1H3. The Bertz CT molecular complexity index is 352. The second-order valence-corrected chi connectivity index (χ2v) is 3.01. The smallest absolute Gasteiger partial charge is 0.339 e. The molecular weight excluding hydrogens is 246 g/mol. The van der Waals surface area contributed by atoms with E-state index in [1.54, 1.807) is 0 Å². The van der Waals surface area contributed by atoms with Crippen molar-refractivity contribution in [2.24, 2.45) is 0 Å². The summed E-state index contributed by atoms with van der Waals surface area (Å²) in [5.74, 6) is -2.83. The molecule has 70 valence electrons. The van der Waals surface area contributed by atoms with Crippen molar-refractivity contribution in [3.8, 4) is 0 Å². The first-order valence-electron chi connectivity index (χ1n) is 3.29. The maximum absolute atomic E-state index is 12.9. The van der Waals surface area contributed by atoms with Crippen LogP contribution in [0.25, 0.3) is 0 Å². The minimum absolute atomic E-state index is 0.0404. The summed E-state index contributed by atoms with van der Waals surface area (Å²) in [4.78, 5) is 11.0. The minimum Gasteiger partial charge on any atom is -0.465 e. The van der Waals surface area contributed by atoms with Crippen LogP contribution in [0.5, 0.6) is 0 Å². The van der Waals surface area contributed by atoms with Crippen LogP contribution >= 0.6 is 15.9 Å². The van der Waals surface area contributed by atoms with Crippen LogP contribution in [0.2, 0.25) is 0 Å². The molecule has 1 rings (SSSR count). The number of carbonyl (C=O) groups is 1. The van der Waals surface area contributed by atoms with Gasteiger partial charge in [0.1, 0.15) is 0 Å². The molecule has 1 aromatic carbocycles. The van der Waals surface area contributed by atoms with Gasteiger partial charge >= 0.3 is 5.97 Å². The van der Waals surface area contributed by atoms with Crippen LogP contribution in [0.1, 0.15) is 10.4 Å². The van der Waals surface area contributed by atoms with Crippen molar-refractivity contribution in [1.29, 1.82) is 0 Å². The van der Waals surface area contributed by atoms with E-state index >= 15 is 0 Å². The third-order valence-electron chi connectivity index (χ3n) is 1.44. The summed E-state index contributed by atoms with van der Waals surface area (Å²) < 4.78 is 29.6. The van der Waals surface area contributed by atoms with Crippen molar-refractivity contribution >= 4 is 21.9 Å². The van der Waals surface area contributed by atoms with E-state index in [0.29, 0.717) is 0 Å². The molecule has 0 aromatic heterocycles. The van der Waals surface area contributed by atoms with Gasteiger partial charge in [-0.25, -0.2) is 13.6 Å². The molecule has 5 heteroatoms. The maximum Gasteiger partial charge on any atom is 0.339 e. The predicted octanol–water partition coefficient (Wildman–Crippen LogP) is 2.51. The van der Waals surface area contributed by atoms with E-state index in [2.05, 4.69) is 20.7 Å². The zero-order valence-electron chi connectivity index (χ0n) is 6.61. The van der Waals surface area contributed by atoms with Crippen molar-refractivity contribution in [2.75, 3.05) is 7.11 Å². The average Bonchev–Trinajstić information content (AvgIpc) is 2.13. The molecule has 0 fully saturated rings. The fraction of sp³-hybridized carbons (Fsp3) is 0.125. The Morgan fingerprint density at radius 3 is 2.62 bits per heavy atom. The predicted molar refractivity (Wildman–Crippen MR) is 45.4 cm³/mol. The molecule has 0 heterocycles. The molecule has 13 heavy (non-hydrogen) atoms. The topological polar surface area (TPSA) is 26.3 Å². The molecule has 0 aliphatic carbocycles. The summed E-state index contributed by atoms with van der Waals surface area (Å²) in [6.45, 7) is 0. The van der Waals surface area contributed by atoms with Crippen LogP contribution in [0, 0.1) is 11.6 Å². The molecule has 0 atom stereocenters. The van der Waals surface area contributed by atoms with E-state index in [9.17, 15) is 13.6 Å². The van der Waals surface area contributed by atoms with Gasteiger partial charge in [-0.3, -0.25) is 0 Å². The van der Waals surface area contributed by atoms with Gasteiger partial charge in [-0.15, -0.1) is 0 Å². The van der Waals surface area contributed by atoms with Crippen LogP contribution in [0.4, 0.5) is 8.78 Å². The van der Waals surface area contributed by atoms with Gasteiger partial charge in [-0.05, 0) is 28.1 Å². The summed E-state index contributed by atoms with van der Waals surface area (Å²) >= 11 is 2.76. The lowest BCUT2D eigenvalue weighted by atomic mass is 10.2. The lowest BCUT2D eigenvalue weighted by Gasteiger charge is -2.03. The second-order valence-electron chi connectivity index (χ2n) is 2.21. The highest BCUT2D eigenvalue weighted by Gasteiger charge is 2.16. The van der Waals surface area contributed by atoms with Gasteiger partial charge in [-0.2, -0.15) is 0 Å². The highest BCUT2D eigenvalue weighted by Crippen LogP contribution is 2.23. The number of ether oxygens (including phenoxy) is 1. The number of rotatable bonds is 1. The van der Waals surface area contributed by atoms with Crippen molar-refractivity contribution in [2.45, 2.75) is 0 Å². The maximum atomic E-state index is 12.9. The molecular formula is C8H5BrF2O2. The highest BCUT2D eigenvalue weighted by molar-refractivity contribution is 9.10. The highest BCUT2D eigenvalue weighted by atomic mass is 79.9. The third-order valence-corrected chi connectivity index (χ3v) is 2.22. The number of esters is 1. The molecule has 0 radical (unpaired) electrons. The molecule has 0 saturated heterocycles. The molecule has 0 N–H and O–H groups in total. The van der Waals surface area contributed by atoms with E-state index in [1.165, 1.54) is 0 Å². The number of hydrogen-bond donors (Lipinski definition) is 0. The van der Waals surface area contributed by atoms with Crippen LogP contribution in [0.3, 0.4) is 0 Å². The Balaban J connectivity index is 3.26. The Labute approximate surface area is 81.6 Å². The first-order valence-corrected chi connectivity index (χ1v) is 4.09. The van der Waals surface area contributed by atoms with Crippen LogP contribution in [0.15, 0.2) is 16.6 Å². The van der Waals surface area contributed by atoms with Gasteiger partial charge in [0.05, 0.1) is 17.1 Å². The number of benzene rings is 1. The Morgan fingerprint density at radius 1 is 1.46 bits per heavy atom.